The van der Waals surface area contributed by atoms with Crippen molar-refractivity contribution in [3.05, 3.63) is 48.3 Å². The van der Waals surface area contributed by atoms with Crippen molar-refractivity contribution in [2.75, 3.05) is 17.7 Å². The van der Waals surface area contributed by atoms with Crippen molar-refractivity contribution >= 4 is 33.7 Å². The van der Waals surface area contributed by atoms with E-state index in [1.165, 1.54) is 0 Å². The summed E-state index contributed by atoms with van der Waals surface area (Å²) in [5.41, 5.74) is 8.91. The molecule has 0 fully saturated rings. The topological polar surface area (TPSA) is 85.8 Å². The van der Waals surface area contributed by atoms with Gasteiger partial charge in [0.05, 0.1) is 17.1 Å². The molecule has 1 aromatic carbocycles. The van der Waals surface area contributed by atoms with Gasteiger partial charge in [-0.05, 0) is 23.8 Å². The molecule has 2 N–H and O–H groups in total. The maximum atomic E-state index is 6.04. The molecule has 120 valence electrons. The number of rotatable bonds is 3. The van der Waals surface area contributed by atoms with Crippen LogP contribution in [-0.4, -0.2) is 31.8 Å². The zero-order valence-corrected chi connectivity index (χ0v) is 13.5. The van der Waals surface area contributed by atoms with Crippen LogP contribution in [0.1, 0.15) is 5.56 Å². The molecular formula is C17H17N7. The average Bonchev–Trinajstić information content (AvgIpc) is 2.96. The van der Waals surface area contributed by atoms with Gasteiger partial charge < -0.3 is 10.6 Å². The van der Waals surface area contributed by atoms with Gasteiger partial charge in [0.15, 0.2) is 5.65 Å². The lowest BCUT2D eigenvalue weighted by molar-refractivity contribution is 0.781. The van der Waals surface area contributed by atoms with Crippen LogP contribution in [0.5, 0.6) is 0 Å². The second-order valence-electron chi connectivity index (χ2n) is 5.80. The van der Waals surface area contributed by atoms with Crippen molar-refractivity contribution in [2.45, 2.75) is 6.54 Å². The van der Waals surface area contributed by atoms with Gasteiger partial charge in [0, 0.05) is 32.2 Å². The van der Waals surface area contributed by atoms with Gasteiger partial charge in [-0.1, -0.05) is 12.1 Å². The summed E-state index contributed by atoms with van der Waals surface area (Å²) in [6.45, 7) is 0.674. The van der Waals surface area contributed by atoms with E-state index in [2.05, 4.69) is 38.2 Å². The van der Waals surface area contributed by atoms with Crippen LogP contribution in [0.4, 0.5) is 11.8 Å². The fourth-order valence-electron chi connectivity index (χ4n) is 2.77. The van der Waals surface area contributed by atoms with Crippen molar-refractivity contribution in [1.82, 2.24) is 24.7 Å². The van der Waals surface area contributed by atoms with E-state index < -0.39 is 0 Å². The molecule has 4 aromatic rings. The Hall–Kier alpha value is -3.22. The number of anilines is 2. The van der Waals surface area contributed by atoms with Gasteiger partial charge in [-0.2, -0.15) is 15.1 Å². The third-order valence-corrected chi connectivity index (χ3v) is 4.04. The Morgan fingerprint density at radius 1 is 1.21 bits per heavy atom. The molecule has 0 spiro atoms. The summed E-state index contributed by atoms with van der Waals surface area (Å²) in [6.07, 6.45) is 3.48. The largest absolute Gasteiger partial charge is 0.383 e. The quantitative estimate of drug-likeness (QED) is 0.622. The van der Waals surface area contributed by atoms with Gasteiger partial charge in [-0.25, -0.2) is 0 Å². The molecule has 0 radical (unpaired) electrons. The molecule has 7 nitrogen and oxygen atoms in total. The fraction of sp³-hybridized carbons (Fsp3) is 0.176. The van der Waals surface area contributed by atoms with Crippen molar-refractivity contribution in [3.63, 3.8) is 0 Å². The number of nitrogen functional groups attached to an aromatic ring is 1. The van der Waals surface area contributed by atoms with Crippen molar-refractivity contribution in [2.24, 2.45) is 7.05 Å². The van der Waals surface area contributed by atoms with Crippen LogP contribution in [0.25, 0.3) is 21.9 Å². The van der Waals surface area contributed by atoms with Crippen LogP contribution in [0.2, 0.25) is 0 Å². The molecule has 3 aromatic heterocycles. The molecule has 0 unspecified atom stereocenters. The second kappa shape index (κ2) is 5.45. The van der Waals surface area contributed by atoms with Crippen LogP contribution in [0.3, 0.4) is 0 Å². The molecule has 0 atom stereocenters. The van der Waals surface area contributed by atoms with Crippen molar-refractivity contribution in [1.29, 1.82) is 0 Å². The lowest BCUT2D eigenvalue weighted by Crippen LogP contribution is -2.20. The van der Waals surface area contributed by atoms with E-state index >= 15 is 0 Å². The first-order valence-corrected chi connectivity index (χ1v) is 7.62. The lowest BCUT2D eigenvalue weighted by Gasteiger charge is -2.18. The monoisotopic (exact) mass is 319 g/mol. The Labute approximate surface area is 138 Å². The minimum absolute atomic E-state index is 0.442. The molecule has 3 heterocycles. The molecular weight excluding hydrogens is 302 g/mol. The highest BCUT2D eigenvalue weighted by Gasteiger charge is 2.12. The molecule has 0 bridgehead atoms. The van der Waals surface area contributed by atoms with Gasteiger partial charge in [-0.15, -0.1) is 0 Å². The van der Waals surface area contributed by atoms with Gasteiger partial charge >= 0.3 is 0 Å². The number of nitrogens with two attached hydrogens (primary N) is 1. The summed E-state index contributed by atoms with van der Waals surface area (Å²) < 4.78 is 1.70. The molecule has 7 heteroatoms. The third-order valence-electron chi connectivity index (χ3n) is 4.04. The highest BCUT2D eigenvalue weighted by molar-refractivity contribution is 5.86. The molecule has 0 amide bonds. The van der Waals surface area contributed by atoms with E-state index in [9.17, 15) is 0 Å². The fourth-order valence-corrected chi connectivity index (χ4v) is 2.77. The van der Waals surface area contributed by atoms with Crippen LogP contribution in [0.15, 0.2) is 42.7 Å². The maximum absolute atomic E-state index is 6.04. The van der Waals surface area contributed by atoms with E-state index in [4.69, 9.17) is 5.73 Å². The molecule has 0 saturated heterocycles. The number of aromatic nitrogens is 5. The smallest absolute Gasteiger partial charge is 0.229 e. The summed E-state index contributed by atoms with van der Waals surface area (Å²) in [4.78, 5) is 15.3. The van der Waals surface area contributed by atoms with E-state index in [0.29, 0.717) is 18.3 Å². The summed E-state index contributed by atoms with van der Waals surface area (Å²) in [7, 11) is 3.79. The number of benzene rings is 1. The van der Waals surface area contributed by atoms with Crippen molar-refractivity contribution < 1.29 is 0 Å². The minimum atomic E-state index is 0.442. The van der Waals surface area contributed by atoms with Crippen LogP contribution >= 0.6 is 0 Å². The number of aryl methyl sites for hydroxylation is 1. The van der Waals surface area contributed by atoms with Gasteiger partial charge in [-0.3, -0.25) is 9.67 Å². The molecule has 4 rings (SSSR count). The Balaban J connectivity index is 1.67. The number of hydrogen-bond acceptors (Lipinski definition) is 6. The predicted molar refractivity (Wildman–Crippen MR) is 94.6 cm³/mol. The van der Waals surface area contributed by atoms with Crippen LogP contribution < -0.4 is 10.6 Å². The van der Waals surface area contributed by atoms with E-state index in [0.717, 1.165) is 27.5 Å². The molecule has 0 aliphatic rings. The summed E-state index contributed by atoms with van der Waals surface area (Å²) in [5.74, 6) is 1.02. The predicted octanol–water partition coefficient (Wildman–Crippen LogP) is 2.13. The van der Waals surface area contributed by atoms with Gasteiger partial charge in [0.1, 0.15) is 5.82 Å². The normalized spacial score (nSPS) is 11.2. The van der Waals surface area contributed by atoms with Crippen LogP contribution in [-0.2, 0) is 13.6 Å². The van der Waals surface area contributed by atoms with Crippen LogP contribution in [0, 0.1) is 0 Å². The van der Waals surface area contributed by atoms with Crippen molar-refractivity contribution in [3.8, 4) is 0 Å². The summed E-state index contributed by atoms with van der Waals surface area (Å²) in [5, 5.41) is 6.07. The standard InChI is InChI=1S/C17H17N7/c1-23(10-11-5-6-14-12(8-11)4-3-7-19-14)17-21-15(18)13-9-20-24(2)16(13)22-17/h3-9H,10H2,1-2H3,(H2,18,21,22). The summed E-state index contributed by atoms with van der Waals surface area (Å²) in [6, 6.07) is 10.2. The minimum Gasteiger partial charge on any atom is -0.383 e. The first kappa shape index (κ1) is 14.4. The highest BCUT2D eigenvalue weighted by atomic mass is 15.3. The Morgan fingerprint density at radius 3 is 2.96 bits per heavy atom. The number of pyridine rings is 1. The first-order valence-electron chi connectivity index (χ1n) is 7.62. The Bertz CT molecular complexity index is 1040. The lowest BCUT2D eigenvalue weighted by atomic mass is 10.1. The number of hydrogen-bond donors (Lipinski definition) is 1. The molecule has 24 heavy (non-hydrogen) atoms. The van der Waals surface area contributed by atoms with E-state index in [1.54, 1.807) is 17.1 Å². The summed E-state index contributed by atoms with van der Waals surface area (Å²) >= 11 is 0. The Morgan fingerprint density at radius 2 is 2.08 bits per heavy atom. The zero-order valence-electron chi connectivity index (χ0n) is 13.5. The molecule has 0 saturated carbocycles. The average molecular weight is 319 g/mol. The molecule has 0 aliphatic heterocycles. The SMILES string of the molecule is CN(Cc1ccc2ncccc2c1)c1nc(N)c2cnn(C)c2n1. The molecule has 0 aliphatic carbocycles. The highest BCUT2D eigenvalue weighted by Crippen LogP contribution is 2.21. The van der Waals surface area contributed by atoms with Gasteiger partial charge in [0.25, 0.3) is 0 Å². The number of nitrogens with zero attached hydrogens (tertiary/aromatic N) is 6. The second-order valence-corrected chi connectivity index (χ2v) is 5.80. The third kappa shape index (κ3) is 2.40. The zero-order chi connectivity index (χ0) is 16.7. The number of fused-ring (bicyclic) bond motifs is 2. The van der Waals surface area contributed by atoms with Gasteiger partial charge in [0.2, 0.25) is 5.95 Å². The van der Waals surface area contributed by atoms with E-state index in [1.807, 2.05) is 31.1 Å². The maximum Gasteiger partial charge on any atom is 0.229 e. The first-order chi connectivity index (χ1) is 11.6. The Kier molecular flexibility index (Phi) is 3.26. The van der Waals surface area contributed by atoms with E-state index in [-0.39, 0.29) is 0 Å².